The van der Waals surface area contributed by atoms with Crippen LogP contribution in [0, 0.1) is 6.92 Å². The van der Waals surface area contributed by atoms with E-state index < -0.39 is 0 Å². The molecular formula is C17H19ClN2O2. The SMILES string of the molecule is COc1ccc(/C(C)=N/Nc2ccc(C)c(Cl)c2)cc1OC. The van der Waals surface area contributed by atoms with Crippen molar-refractivity contribution in [2.75, 3.05) is 19.6 Å². The fraction of sp³-hybridized carbons (Fsp3) is 0.235. The molecule has 22 heavy (non-hydrogen) atoms. The number of benzene rings is 2. The predicted molar refractivity (Wildman–Crippen MR) is 91.6 cm³/mol. The summed E-state index contributed by atoms with van der Waals surface area (Å²) in [6, 6.07) is 11.4. The Morgan fingerprint density at radius 1 is 1.05 bits per heavy atom. The van der Waals surface area contributed by atoms with Gasteiger partial charge in [-0.1, -0.05) is 17.7 Å². The van der Waals surface area contributed by atoms with E-state index in [9.17, 15) is 0 Å². The molecule has 0 aliphatic carbocycles. The monoisotopic (exact) mass is 318 g/mol. The first kappa shape index (κ1) is 16.2. The minimum absolute atomic E-state index is 0.674. The molecule has 0 unspecified atom stereocenters. The minimum Gasteiger partial charge on any atom is -0.493 e. The Balaban J connectivity index is 2.19. The van der Waals surface area contributed by atoms with Gasteiger partial charge in [0.1, 0.15) is 0 Å². The van der Waals surface area contributed by atoms with Gasteiger partial charge in [-0.2, -0.15) is 5.10 Å². The molecule has 116 valence electrons. The van der Waals surface area contributed by atoms with Gasteiger partial charge in [-0.05, 0) is 49.7 Å². The second-order valence-electron chi connectivity index (χ2n) is 4.84. The van der Waals surface area contributed by atoms with Crippen LogP contribution in [0.1, 0.15) is 18.1 Å². The number of methoxy groups -OCH3 is 2. The maximum Gasteiger partial charge on any atom is 0.161 e. The van der Waals surface area contributed by atoms with Gasteiger partial charge < -0.3 is 9.47 Å². The molecule has 1 N–H and O–H groups in total. The fourth-order valence-electron chi connectivity index (χ4n) is 1.94. The highest BCUT2D eigenvalue weighted by Gasteiger charge is 2.06. The summed E-state index contributed by atoms with van der Waals surface area (Å²) in [5.41, 5.74) is 6.67. The van der Waals surface area contributed by atoms with Crippen LogP contribution in [0.3, 0.4) is 0 Å². The Labute approximate surface area is 135 Å². The smallest absolute Gasteiger partial charge is 0.161 e. The molecule has 0 fully saturated rings. The molecule has 0 saturated heterocycles. The lowest BCUT2D eigenvalue weighted by Crippen LogP contribution is -2.01. The first-order valence-electron chi connectivity index (χ1n) is 6.84. The predicted octanol–water partition coefficient (Wildman–Crippen LogP) is 4.50. The lowest BCUT2D eigenvalue weighted by molar-refractivity contribution is 0.355. The van der Waals surface area contributed by atoms with E-state index in [0.717, 1.165) is 22.5 Å². The van der Waals surface area contributed by atoms with E-state index in [4.69, 9.17) is 21.1 Å². The summed E-state index contributed by atoms with van der Waals surface area (Å²) < 4.78 is 10.5. The summed E-state index contributed by atoms with van der Waals surface area (Å²) in [5, 5.41) is 5.09. The van der Waals surface area contributed by atoms with Crippen molar-refractivity contribution >= 4 is 23.0 Å². The fourth-order valence-corrected chi connectivity index (χ4v) is 2.12. The highest BCUT2D eigenvalue weighted by molar-refractivity contribution is 6.31. The number of hydrazone groups is 1. The summed E-state index contributed by atoms with van der Waals surface area (Å²) in [6.45, 7) is 3.88. The molecule has 0 bridgehead atoms. The third kappa shape index (κ3) is 3.71. The largest absolute Gasteiger partial charge is 0.493 e. The highest BCUT2D eigenvalue weighted by atomic mass is 35.5. The third-order valence-corrected chi connectivity index (χ3v) is 3.73. The van der Waals surface area contributed by atoms with Crippen LogP contribution in [0.5, 0.6) is 11.5 Å². The maximum atomic E-state index is 6.10. The number of aryl methyl sites for hydroxylation is 1. The second kappa shape index (κ2) is 7.18. The molecule has 0 amide bonds. The van der Waals surface area contributed by atoms with Gasteiger partial charge in [0, 0.05) is 10.6 Å². The lowest BCUT2D eigenvalue weighted by atomic mass is 10.1. The van der Waals surface area contributed by atoms with Crippen molar-refractivity contribution in [2.45, 2.75) is 13.8 Å². The van der Waals surface area contributed by atoms with E-state index in [1.807, 2.05) is 50.2 Å². The second-order valence-corrected chi connectivity index (χ2v) is 5.25. The van der Waals surface area contributed by atoms with Crippen LogP contribution < -0.4 is 14.9 Å². The first-order valence-corrected chi connectivity index (χ1v) is 7.21. The molecule has 0 aliphatic heterocycles. The molecule has 0 aliphatic rings. The standard InChI is InChI=1S/C17H19ClN2O2/c1-11-5-7-14(10-15(11)18)20-19-12(2)13-6-8-16(21-3)17(9-13)22-4/h5-10,20H,1-4H3/b19-12+. The van der Waals surface area contributed by atoms with Crippen molar-refractivity contribution in [2.24, 2.45) is 5.10 Å². The van der Waals surface area contributed by atoms with Crippen LogP contribution in [-0.2, 0) is 0 Å². The van der Waals surface area contributed by atoms with Crippen molar-refractivity contribution in [3.05, 3.63) is 52.5 Å². The molecular weight excluding hydrogens is 300 g/mol. The molecule has 0 radical (unpaired) electrons. The van der Waals surface area contributed by atoms with Gasteiger partial charge in [0.2, 0.25) is 0 Å². The van der Waals surface area contributed by atoms with Crippen LogP contribution in [0.4, 0.5) is 5.69 Å². The number of rotatable bonds is 5. The molecule has 0 aromatic heterocycles. The zero-order valence-electron chi connectivity index (χ0n) is 13.1. The molecule has 4 nitrogen and oxygen atoms in total. The molecule has 0 spiro atoms. The van der Waals surface area contributed by atoms with Gasteiger partial charge in [-0.25, -0.2) is 0 Å². The van der Waals surface area contributed by atoms with E-state index in [1.165, 1.54) is 0 Å². The van der Waals surface area contributed by atoms with Gasteiger partial charge in [-0.15, -0.1) is 0 Å². The number of nitrogens with zero attached hydrogens (tertiary/aromatic N) is 1. The molecule has 2 aromatic carbocycles. The number of hydrogen-bond acceptors (Lipinski definition) is 4. The molecule has 2 aromatic rings. The average Bonchev–Trinajstić information content (AvgIpc) is 2.54. The van der Waals surface area contributed by atoms with Gasteiger partial charge in [0.05, 0.1) is 25.6 Å². The Bertz CT molecular complexity index is 699. The normalized spacial score (nSPS) is 11.2. The zero-order chi connectivity index (χ0) is 16.1. The Morgan fingerprint density at radius 3 is 2.41 bits per heavy atom. The number of halogens is 1. The number of hydrogen-bond donors (Lipinski definition) is 1. The summed E-state index contributed by atoms with van der Waals surface area (Å²) in [6.07, 6.45) is 0. The topological polar surface area (TPSA) is 42.8 Å². The summed E-state index contributed by atoms with van der Waals surface area (Å²) in [4.78, 5) is 0. The van der Waals surface area contributed by atoms with E-state index in [1.54, 1.807) is 14.2 Å². The molecule has 2 rings (SSSR count). The van der Waals surface area contributed by atoms with Gasteiger partial charge >= 0.3 is 0 Å². The van der Waals surface area contributed by atoms with Crippen LogP contribution in [0.2, 0.25) is 5.02 Å². The Morgan fingerprint density at radius 2 is 1.77 bits per heavy atom. The Hall–Kier alpha value is -2.20. The summed E-state index contributed by atoms with van der Waals surface area (Å²) in [7, 11) is 3.22. The van der Waals surface area contributed by atoms with Gasteiger partial charge in [-0.3, -0.25) is 5.43 Å². The quantitative estimate of drug-likeness (QED) is 0.652. The van der Waals surface area contributed by atoms with Crippen molar-refractivity contribution < 1.29 is 9.47 Å². The average molecular weight is 319 g/mol. The van der Waals surface area contributed by atoms with Gasteiger partial charge in [0.15, 0.2) is 11.5 Å². The van der Waals surface area contributed by atoms with E-state index in [-0.39, 0.29) is 0 Å². The minimum atomic E-state index is 0.674. The third-order valence-electron chi connectivity index (χ3n) is 3.33. The number of anilines is 1. The van der Waals surface area contributed by atoms with E-state index in [2.05, 4.69) is 10.5 Å². The number of nitrogens with one attached hydrogen (secondary N) is 1. The Kier molecular flexibility index (Phi) is 5.28. The van der Waals surface area contributed by atoms with Crippen molar-refractivity contribution in [3.63, 3.8) is 0 Å². The summed E-state index contributed by atoms with van der Waals surface area (Å²) in [5.74, 6) is 1.37. The van der Waals surface area contributed by atoms with Crippen molar-refractivity contribution in [1.29, 1.82) is 0 Å². The molecule has 0 heterocycles. The summed E-state index contributed by atoms with van der Waals surface area (Å²) >= 11 is 6.10. The van der Waals surface area contributed by atoms with Crippen LogP contribution in [0.15, 0.2) is 41.5 Å². The highest BCUT2D eigenvalue weighted by Crippen LogP contribution is 2.28. The number of ether oxygens (including phenoxy) is 2. The van der Waals surface area contributed by atoms with Gasteiger partial charge in [0.25, 0.3) is 0 Å². The zero-order valence-corrected chi connectivity index (χ0v) is 13.9. The molecule has 0 saturated carbocycles. The molecule has 0 atom stereocenters. The maximum absolute atomic E-state index is 6.10. The van der Waals surface area contributed by atoms with Crippen LogP contribution in [0.25, 0.3) is 0 Å². The first-order chi connectivity index (χ1) is 10.5. The van der Waals surface area contributed by atoms with Crippen molar-refractivity contribution in [3.8, 4) is 11.5 Å². The van der Waals surface area contributed by atoms with Crippen molar-refractivity contribution in [1.82, 2.24) is 0 Å². The van der Waals surface area contributed by atoms with Crippen LogP contribution in [-0.4, -0.2) is 19.9 Å². The van der Waals surface area contributed by atoms with E-state index in [0.29, 0.717) is 16.5 Å². The molecule has 5 heteroatoms. The lowest BCUT2D eigenvalue weighted by Gasteiger charge is -2.10. The van der Waals surface area contributed by atoms with E-state index >= 15 is 0 Å². The van der Waals surface area contributed by atoms with Crippen LogP contribution >= 0.6 is 11.6 Å².